The van der Waals surface area contributed by atoms with Gasteiger partial charge in [0.25, 0.3) is 11.5 Å². The highest BCUT2D eigenvalue weighted by atomic mass is 32.2. The summed E-state index contributed by atoms with van der Waals surface area (Å²) in [4.78, 5) is 48.1. The summed E-state index contributed by atoms with van der Waals surface area (Å²) in [5.74, 6) is 0.448. The highest BCUT2D eigenvalue weighted by Crippen LogP contribution is 2.22. The van der Waals surface area contributed by atoms with Crippen LogP contribution in [0.3, 0.4) is 0 Å². The van der Waals surface area contributed by atoms with E-state index in [1.165, 1.54) is 16.3 Å². The molecule has 1 saturated heterocycles. The van der Waals surface area contributed by atoms with Crippen LogP contribution >= 0.6 is 11.8 Å². The topological polar surface area (TPSA) is 110 Å². The van der Waals surface area contributed by atoms with Gasteiger partial charge < -0.3 is 24.3 Å². The van der Waals surface area contributed by atoms with E-state index in [0.29, 0.717) is 53.6 Å². The molecule has 0 bridgehead atoms. The second-order valence-electron chi connectivity index (χ2n) is 9.34. The van der Waals surface area contributed by atoms with Gasteiger partial charge in [-0.05, 0) is 42.5 Å². The van der Waals surface area contributed by atoms with Crippen LogP contribution in [0.25, 0.3) is 10.9 Å². The maximum Gasteiger partial charge on any atom is 0.262 e. The van der Waals surface area contributed by atoms with E-state index in [0.717, 1.165) is 18.8 Å². The van der Waals surface area contributed by atoms with Crippen LogP contribution in [0.15, 0.2) is 81.3 Å². The number of anilines is 1. The smallest absolute Gasteiger partial charge is 0.262 e. The van der Waals surface area contributed by atoms with E-state index in [-0.39, 0.29) is 29.7 Å². The van der Waals surface area contributed by atoms with Crippen molar-refractivity contribution in [1.82, 2.24) is 19.8 Å². The number of para-hydroxylation sites is 1. The number of piperazine rings is 1. The summed E-state index contributed by atoms with van der Waals surface area (Å²) in [6, 6.07) is 18.5. The molecule has 1 aliphatic rings. The lowest BCUT2D eigenvalue weighted by Crippen LogP contribution is -2.49. The number of hydrogen-bond acceptors (Lipinski definition) is 8. The predicted molar refractivity (Wildman–Crippen MR) is 154 cm³/mol. The summed E-state index contributed by atoms with van der Waals surface area (Å²) in [6.45, 7) is 3.71. The Balaban J connectivity index is 1.34. The van der Waals surface area contributed by atoms with Gasteiger partial charge in [-0.15, -0.1) is 0 Å². The molecular formula is C29H31N5O5S. The first-order valence-electron chi connectivity index (χ1n) is 13.1. The van der Waals surface area contributed by atoms with E-state index in [1.807, 2.05) is 23.1 Å². The normalized spacial score (nSPS) is 13.5. The standard InChI is InChI=1S/C29H31N5O5S/c1-38-17-11-30-27(36)21-9-10-24-25(18-21)31-29(34(28(24)37)19-23-8-5-16-39-23)40-20-26(35)33-14-12-32(13-15-33)22-6-3-2-4-7-22/h2-10,16,18H,11-15,17,19-20H2,1H3,(H,30,36). The lowest BCUT2D eigenvalue weighted by atomic mass is 10.1. The number of benzene rings is 2. The molecule has 0 aliphatic carbocycles. The fraction of sp³-hybridized carbons (Fsp3) is 0.310. The van der Waals surface area contributed by atoms with Gasteiger partial charge in [-0.1, -0.05) is 30.0 Å². The molecule has 10 nitrogen and oxygen atoms in total. The van der Waals surface area contributed by atoms with Crippen LogP contribution in [0, 0.1) is 0 Å². The number of methoxy groups -OCH3 is 1. The summed E-state index contributed by atoms with van der Waals surface area (Å²) in [7, 11) is 1.56. The minimum Gasteiger partial charge on any atom is -0.467 e. The molecular weight excluding hydrogens is 530 g/mol. The quantitative estimate of drug-likeness (QED) is 0.179. The van der Waals surface area contributed by atoms with Gasteiger partial charge in [0, 0.05) is 51.1 Å². The van der Waals surface area contributed by atoms with Crippen LogP contribution in [0.5, 0.6) is 0 Å². The number of thioether (sulfide) groups is 1. The Morgan fingerprint density at radius 2 is 1.85 bits per heavy atom. The second kappa shape index (κ2) is 12.8. The molecule has 2 aromatic carbocycles. The van der Waals surface area contributed by atoms with Crippen molar-refractivity contribution < 1.29 is 18.7 Å². The minimum atomic E-state index is -0.278. The molecule has 0 atom stereocenters. The monoisotopic (exact) mass is 561 g/mol. The third kappa shape index (κ3) is 6.37. The number of carbonyl (C=O) groups excluding carboxylic acids is 2. The average molecular weight is 562 g/mol. The molecule has 4 aromatic rings. The molecule has 208 valence electrons. The van der Waals surface area contributed by atoms with Crippen molar-refractivity contribution >= 4 is 40.2 Å². The first-order chi connectivity index (χ1) is 19.5. The van der Waals surface area contributed by atoms with E-state index in [1.54, 1.807) is 43.7 Å². The zero-order valence-corrected chi connectivity index (χ0v) is 23.1. The molecule has 0 saturated carbocycles. The van der Waals surface area contributed by atoms with Crippen LogP contribution in [0.4, 0.5) is 5.69 Å². The number of ether oxygens (including phenoxy) is 1. The van der Waals surface area contributed by atoms with E-state index in [2.05, 4.69) is 22.3 Å². The zero-order valence-electron chi connectivity index (χ0n) is 22.2. The van der Waals surface area contributed by atoms with E-state index in [4.69, 9.17) is 14.1 Å². The Bertz CT molecular complexity index is 1520. The summed E-state index contributed by atoms with van der Waals surface area (Å²) < 4.78 is 12.0. The average Bonchev–Trinajstić information content (AvgIpc) is 3.51. The van der Waals surface area contributed by atoms with E-state index >= 15 is 0 Å². The molecule has 2 amide bonds. The number of fused-ring (bicyclic) bond motifs is 1. The number of rotatable bonds is 10. The lowest BCUT2D eigenvalue weighted by Gasteiger charge is -2.36. The fourth-order valence-corrected chi connectivity index (χ4v) is 5.49. The first-order valence-corrected chi connectivity index (χ1v) is 14.1. The van der Waals surface area contributed by atoms with E-state index in [9.17, 15) is 14.4 Å². The Labute approximate surface area is 235 Å². The maximum absolute atomic E-state index is 13.5. The van der Waals surface area contributed by atoms with Crippen molar-refractivity contribution in [3.05, 3.63) is 88.6 Å². The van der Waals surface area contributed by atoms with Gasteiger partial charge in [0.2, 0.25) is 5.91 Å². The molecule has 40 heavy (non-hydrogen) atoms. The summed E-state index contributed by atoms with van der Waals surface area (Å²) in [5.41, 5.74) is 1.67. The molecule has 1 aliphatic heterocycles. The van der Waals surface area contributed by atoms with Crippen molar-refractivity contribution in [2.75, 3.05) is 57.1 Å². The number of carbonyl (C=O) groups is 2. The molecule has 11 heteroatoms. The molecule has 5 rings (SSSR count). The van der Waals surface area contributed by atoms with Gasteiger partial charge in [-0.2, -0.15) is 0 Å². The Morgan fingerprint density at radius 1 is 1.05 bits per heavy atom. The van der Waals surface area contributed by atoms with Crippen LogP contribution in [0.2, 0.25) is 0 Å². The minimum absolute atomic E-state index is 0.0112. The van der Waals surface area contributed by atoms with Crippen LogP contribution < -0.4 is 15.8 Å². The van der Waals surface area contributed by atoms with Crippen molar-refractivity contribution in [3.63, 3.8) is 0 Å². The largest absolute Gasteiger partial charge is 0.467 e. The molecule has 2 aromatic heterocycles. The summed E-state index contributed by atoms with van der Waals surface area (Å²) >= 11 is 1.22. The van der Waals surface area contributed by atoms with Gasteiger partial charge in [-0.25, -0.2) is 4.98 Å². The number of hydrogen-bond donors (Lipinski definition) is 1. The number of furan rings is 1. The van der Waals surface area contributed by atoms with Gasteiger partial charge in [-0.3, -0.25) is 19.0 Å². The van der Waals surface area contributed by atoms with Crippen molar-refractivity contribution in [3.8, 4) is 0 Å². The van der Waals surface area contributed by atoms with Gasteiger partial charge >= 0.3 is 0 Å². The Hall–Kier alpha value is -4.09. The molecule has 0 radical (unpaired) electrons. The van der Waals surface area contributed by atoms with Gasteiger partial charge in [0.05, 0.1) is 36.1 Å². The third-order valence-electron chi connectivity index (χ3n) is 6.75. The number of aromatic nitrogens is 2. The first kappa shape index (κ1) is 27.5. The second-order valence-corrected chi connectivity index (χ2v) is 10.3. The SMILES string of the molecule is COCCNC(=O)c1ccc2c(=O)n(Cc3ccco3)c(SCC(=O)N3CCN(c4ccccc4)CC3)nc2c1. The van der Waals surface area contributed by atoms with Crippen LogP contribution in [-0.2, 0) is 16.1 Å². The molecule has 0 unspecified atom stereocenters. The molecule has 3 heterocycles. The van der Waals surface area contributed by atoms with Gasteiger partial charge in [0.1, 0.15) is 5.76 Å². The molecule has 0 spiro atoms. The Morgan fingerprint density at radius 3 is 2.58 bits per heavy atom. The predicted octanol–water partition coefficient (Wildman–Crippen LogP) is 2.85. The van der Waals surface area contributed by atoms with Crippen LogP contribution in [0.1, 0.15) is 16.1 Å². The van der Waals surface area contributed by atoms with Crippen LogP contribution in [-0.4, -0.2) is 78.5 Å². The number of amides is 2. The third-order valence-corrected chi connectivity index (χ3v) is 7.71. The number of nitrogens with one attached hydrogen (secondary N) is 1. The van der Waals surface area contributed by atoms with Gasteiger partial charge in [0.15, 0.2) is 5.16 Å². The highest BCUT2D eigenvalue weighted by Gasteiger charge is 2.23. The van der Waals surface area contributed by atoms with Crippen molar-refractivity contribution in [2.45, 2.75) is 11.7 Å². The fourth-order valence-electron chi connectivity index (χ4n) is 4.59. The summed E-state index contributed by atoms with van der Waals surface area (Å²) in [6.07, 6.45) is 1.55. The zero-order chi connectivity index (χ0) is 27.9. The maximum atomic E-state index is 13.5. The van der Waals surface area contributed by atoms with Crippen molar-refractivity contribution in [1.29, 1.82) is 0 Å². The highest BCUT2D eigenvalue weighted by molar-refractivity contribution is 7.99. The van der Waals surface area contributed by atoms with Crippen molar-refractivity contribution in [2.24, 2.45) is 0 Å². The molecule has 1 N–H and O–H groups in total. The lowest BCUT2D eigenvalue weighted by molar-refractivity contribution is -0.128. The number of nitrogens with zero attached hydrogens (tertiary/aromatic N) is 4. The Kier molecular flexibility index (Phi) is 8.82. The van der Waals surface area contributed by atoms with E-state index < -0.39 is 0 Å². The molecule has 1 fully saturated rings. The summed E-state index contributed by atoms with van der Waals surface area (Å²) in [5, 5.41) is 3.55.